The highest BCUT2D eigenvalue weighted by molar-refractivity contribution is 7.79. The number of thiol groups is 2. The number of aliphatic hydroxyl groups excluding tert-OH is 1. The normalized spacial score (nSPS) is 12.1. The summed E-state index contributed by atoms with van der Waals surface area (Å²) >= 11 is 8.34. The van der Waals surface area contributed by atoms with Crippen molar-refractivity contribution in [2.24, 2.45) is 0 Å². The number of hydrogen-bond acceptors (Lipinski definition) is 9. The van der Waals surface area contributed by atoms with Gasteiger partial charge in [0.2, 0.25) is 0 Å². The first-order valence-corrected chi connectivity index (χ1v) is 11.9. The van der Waals surface area contributed by atoms with E-state index in [2.05, 4.69) is 45.3 Å². The molecule has 0 aliphatic carbocycles. The van der Waals surface area contributed by atoms with Crippen LogP contribution in [-0.4, -0.2) is 57.3 Å². The number of carbonyl (C=O) groups is 3. The lowest BCUT2D eigenvalue weighted by Gasteiger charge is -2.19. The van der Waals surface area contributed by atoms with Crippen molar-refractivity contribution in [2.75, 3.05) is 7.11 Å². The number of methoxy groups -OCH3 is 1. The molecule has 0 radical (unpaired) electrons. The number of rotatable bonds is 9. The number of aliphatic hydroxyl groups is 1. The lowest BCUT2D eigenvalue weighted by molar-refractivity contribution is -0.145. The molecule has 0 aromatic carbocycles. The summed E-state index contributed by atoms with van der Waals surface area (Å²) in [7, 11) is 1.19. The van der Waals surface area contributed by atoms with Crippen LogP contribution < -0.4 is 5.32 Å². The van der Waals surface area contributed by atoms with Crippen LogP contribution in [0.25, 0.3) is 0 Å². The third kappa shape index (κ3) is 8.30. The zero-order valence-corrected chi connectivity index (χ0v) is 21.4. The fraction of sp³-hybridized carbons (Fsp3) is 0.435. The molecular formula is C23H31N3O6S2. The largest absolute Gasteiger partial charge is 0.477 e. The quantitative estimate of drug-likeness (QED) is 0.257. The second-order valence-corrected chi connectivity index (χ2v) is 7.78. The molecular weight excluding hydrogens is 478 g/mol. The summed E-state index contributed by atoms with van der Waals surface area (Å²) in [4.78, 5) is 42.5. The number of hydrogen-bond donors (Lipinski definition) is 5. The van der Waals surface area contributed by atoms with Gasteiger partial charge in [0, 0.05) is 22.9 Å². The summed E-state index contributed by atoms with van der Waals surface area (Å²) in [6.45, 7) is 5.28. The molecule has 0 saturated carbocycles. The molecule has 2 atom stereocenters. The summed E-state index contributed by atoms with van der Waals surface area (Å²) in [5.74, 6) is -1.10. The van der Waals surface area contributed by atoms with Gasteiger partial charge in [-0.1, -0.05) is 26.0 Å². The van der Waals surface area contributed by atoms with Crippen LogP contribution in [0.4, 0.5) is 0 Å². The molecule has 0 bridgehead atoms. The van der Waals surface area contributed by atoms with Gasteiger partial charge in [-0.2, -0.15) is 25.3 Å². The summed E-state index contributed by atoms with van der Waals surface area (Å²) in [6, 6.07) is 5.49. The van der Waals surface area contributed by atoms with E-state index in [1.165, 1.54) is 20.1 Å². The van der Waals surface area contributed by atoms with Crippen molar-refractivity contribution in [1.29, 1.82) is 0 Å². The average molecular weight is 510 g/mol. The number of nitrogens with zero attached hydrogens (tertiary/aromatic N) is 2. The van der Waals surface area contributed by atoms with Crippen molar-refractivity contribution in [3.63, 3.8) is 0 Å². The summed E-state index contributed by atoms with van der Waals surface area (Å²) < 4.78 is 4.55. The lowest BCUT2D eigenvalue weighted by Crippen LogP contribution is -2.48. The molecule has 0 aliphatic heterocycles. The maximum absolute atomic E-state index is 12.1. The van der Waals surface area contributed by atoms with E-state index in [1.54, 1.807) is 18.2 Å². The van der Waals surface area contributed by atoms with Gasteiger partial charge in [-0.05, 0) is 43.0 Å². The van der Waals surface area contributed by atoms with Crippen molar-refractivity contribution in [3.05, 3.63) is 58.2 Å². The van der Waals surface area contributed by atoms with E-state index < -0.39 is 30.0 Å². The van der Waals surface area contributed by atoms with Crippen LogP contribution in [0, 0.1) is 0 Å². The number of esters is 1. The van der Waals surface area contributed by atoms with Crippen LogP contribution in [0.1, 0.15) is 64.3 Å². The third-order valence-corrected chi connectivity index (χ3v) is 5.50. The van der Waals surface area contributed by atoms with Crippen LogP contribution in [0.2, 0.25) is 0 Å². The third-order valence-electron chi connectivity index (χ3n) is 4.82. The Morgan fingerprint density at radius 3 is 1.82 bits per heavy atom. The molecule has 0 saturated heterocycles. The first kappa shape index (κ1) is 29.4. The Morgan fingerprint density at radius 2 is 1.44 bits per heavy atom. The van der Waals surface area contributed by atoms with E-state index in [0.717, 1.165) is 28.9 Å². The smallest absolute Gasteiger partial charge is 0.354 e. The summed E-state index contributed by atoms with van der Waals surface area (Å²) in [5, 5.41) is 20.7. The number of amides is 1. The number of aromatic carboxylic acids is 1. The van der Waals surface area contributed by atoms with Gasteiger partial charge in [-0.15, -0.1) is 0 Å². The van der Waals surface area contributed by atoms with Crippen molar-refractivity contribution in [1.82, 2.24) is 15.3 Å². The summed E-state index contributed by atoms with van der Waals surface area (Å²) in [6.07, 6.45) is 0.342. The molecule has 11 heteroatoms. The highest BCUT2D eigenvalue weighted by atomic mass is 32.1. The van der Waals surface area contributed by atoms with Crippen molar-refractivity contribution >= 4 is 43.1 Å². The van der Waals surface area contributed by atoms with Crippen LogP contribution >= 0.6 is 25.3 Å². The molecule has 2 rings (SSSR count). The standard InChI is InChI=1S/C14H20N2O4S.C9H11NO2S/c1-4-10-9(7-21)5-6-11(15-10)13(18)16-12(8(2)17)14(19)20-3;1-2-7-6(5-13)3-4-8(10-7)9(11)12/h5-6,8,12,17,21H,4,7H2,1-3H3,(H,16,18);3-4,13H,2,5H2,1H3,(H,11,12). The maximum Gasteiger partial charge on any atom is 0.354 e. The topological polar surface area (TPSA) is 139 Å². The maximum atomic E-state index is 12.1. The second kappa shape index (κ2) is 14.6. The highest BCUT2D eigenvalue weighted by Crippen LogP contribution is 2.12. The molecule has 34 heavy (non-hydrogen) atoms. The predicted molar refractivity (Wildman–Crippen MR) is 135 cm³/mol. The number of pyridine rings is 2. The Hall–Kier alpha value is -2.63. The van der Waals surface area contributed by atoms with Crippen molar-refractivity contribution in [2.45, 2.75) is 57.3 Å². The van der Waals surface area contributed by atoms with E-state index in [9.17, 15) is 19.5 Å². The monoisotopic (exact) mass is 509 g/mol. The number of aromatic nitrogens is 2. The molecule has 0 spiro atoms. The lowest BCUT2D eigenvalue weighted by atomic mass is 10.1. The fourth-order valence-electron chi connectivity index (χ4n) is 2.92. The van der Waals surface area contributed by atoms with Gasteiger partial charge in [-0.3, -0.25) is 4.79 Å². The first-order valence-electron chi connectivity index (χ1n) is 10.6. The van der Waals surface area contributed by atoms with Gasteiger partial charge >= 0.3 is 11.9 Å². The SMILES string of the molecule is CCc1nc(C(=O)NC(C(=O)OC)C(C)O)ccc1CS.CCc1nc(C(=O)O)ccc1CS. The van der Waals surface area contributed by atoms with Gasteiger partial charge in [0.15, 0.2) is 6.04 Å². The van der Waals surface area contributed by atoms with Gasteiger partial charge in [0.25, 0.3) is 5.91 Å². The zero-order chi connectivity index (χ0) is 25.8. The molecule has 186 valence electrons. The van der Waals surface area contributed by atoms with E-state index in [4.69, 9.17) is 5.11 Å². The van der Waals surface area contributed by atoms with Crippen molar-refractivity contribution < 1.29 is 29.3 Å². The Kier molecular flexibility index (Phi) is 12.6. The number of aryl methyl sites for hydroxylation is 2. The number of carboxylic acids is 1. The highest BCUT2D eigenvalue weighted by Gasteiger charge is 2.27. The van der Waals surface area contributed by atoms with Crippen LogP contribution in [-0.2, 0) is 33.9 Å². The number of carboxylic acid groups (broad SMARTS) is 1. The number of nitrogens with one attached hydrogen (secondary N) is 1. The minimum Gasteiger partial charge on any atom is -0.477 e. The van der Waals surface area contributed by atoms with Crippen molar-refractivity contribution in [3.8, 4) is 0 Å². The van der Waals surface area contributed by atoms with E-state index in [1.807, 2.05) is 13.8 Å². The number of ether oxygens (including phenoxy) is 1. The minimum absolute atomic E-state index is 0.0994. The molecule has 2 aromatic rings. The van der Waals surface area contributed by atoms with E-state index in [-0.39, 0.29) is 11.4 Å². The molecule has 2 heterocycles. The van der Waals surface area contributed by atoms with E-state index >= 15 is 0 Å². The predicted octanol–water partition coefficient (Wildman–Crippen LogP) is 2.50. The molecule has 9 nitrogen and oxygen atoms in total. The zero-order valence-electron chi connectivity index (χ0n) is 19.6. The molecule has 0 aliphatic rings. The number of carbonyl (C=O) groups excluding carboxylic acids is 2. The van der Waals surface area contributed by atoms with Crippen LogP contribution in [0.15, 0.2) is 24.3 Å². The molecule has 3 N–H and O–H groups in total. The first-order chi connectivity index (χ1) is 16.1. The molecule has 1 amide bonds. The average Bonchev–Trinajstić information content (AvgIpc) is 2.85. The Labute approximate surface area is 210 Å². The Bertz CT molecular complexity index is 1000. The van der Waals surface area contributed by atoms with Gasteiger partial charge in [0.1, 0.15) is 11.4 Å². The molecule has 0 fully saturated rings. The van der Waals surface area contributed by atoms with Crippen LogP contribution in [0.3, 0.4) is 0 Å². The summed E-state index contributed by atoms with van der Waals surface area (Å²) in [5.41, 5.74) is 3.83. The van der Waals surface area contributed by atoms with Gasteiger partial charge in [-0.25, -0.2) is 19.6 Å². The Morgan fingerprint density at radius 1 is 0.971 bits per heavy atom. The fourth-order valence-corrected chi connectivity index (χ4v) is 3.50. The second-order valence-electron chi connectivity index (χ2n) is 7.15. The van der Waals surface area contributed by atoms with Gasteiger partial charge in [0.05, 0.1) is 13.2 Å². The van der Waals surface area contributed by atoms with Crippen LogP contribution in [0.5, 0.6) is 0 Å². The minimum atomic E-state index is -1.13. The van der Waals surface area contributed by atoms with Gasteiger partial charge < -0.3 is 20.3 Å². The molecule has 2 aromatic heterocycles. The van der Waals surface area contributed by atoms with E-state index in [0.29, 0.717) is 17.9 Å². The molecule has 2 unspecified atom stereocenters. The Balaban J connectivity index is 0.000000380.